The Labute approximate surface area is 84.8 Å². The highest BCUT2D eigenvalue weighted by Gasteiger charge is 2.06. The summed E-state index contributed by atoms with van der Waals surface area (Å²) >= 11 is 2.00. The van der Waals surface area contributed by atoms with Gasteiger partial charge in [0.2, 0.25) is 0 Å². The van der Waals surface area contributed by atoms with Crippen LogP contribution in [0.4, 0.5) is 0 Å². The maximum Gasteiger partial charge on any atom is 0.264 e. The maximum absolute atomic E-state index is 11.3. The van der Waals surface area contributed by atoms with Crippen molar-refractivity contribution in [1.82, 2.24) is 9.97 Å². The third-order valence-electron chi connectivity index (χ3n) is 1.59. The predicted octanol–water partition coefficient (Wildman–Crippen LogP) is 1.81. The van der Waals surface area contributed by atoms with Gasteiger partial charge < -0.3 is 4.98 Å². The molecular formula is C8H11IN2O. The van der Waals surface area contributed by atoms with Crippen molar-refractivity contribution >= 4 is 22.6 Å². The molecule has 12 heavy (non-hydrogen) atoms. The zero-order valence-corrected chi connectivity index (χ0v) is 9.47. The van der Waals surface area contributed by atoms with Crippen molar-refractivity contribution in [2.75, 3.05) is 0 Å². The van der Waals surface area contributed by atoms with Crippen LogP contribution in [0.1, 0.15) is 31.3 Å². The van der Waals surface area contributed by atoms with Crippen LogP contribution in [0.15, 0.2) is 4.79 Å². The molecule has 0 unspecified atom stereocenters. The van der Waals surface area contributed by atoms with Gasteiger partial charge in [-0.15, -0.1) is 0 Å². The number of aromatic nitrogens is 2. The number of rotatable bonds is 1. The topological polar surface area (TPSA) is 45.8 Å². The Kier molecular flexibility index (Phi) is 2.87. The van der Waals surface area contributed by atoms with Gasteiger partial charge in [0.05, 0.1) is 9.26 Å². The van der Waals surface area contributed by atoms with E-state index < -0.39 is 0 Å². The molecule has 0 saturated carbocycles. The van der Waals surface area contributed by atoms with E-state index in [-0.39, 0.29) is 11.5 Å². The van der Waals surface area contributed by atoms with E-state index in [4.69, 9.17) is 0 Å². The second-order valence-corrected chi connectivity index (χ2v) is 4.08. The van der Waals surface area contributed by atoms with Gasteiger partial charge in [0.1, 0.15) is 5.82 Å². The summed E-state index contributed by atoms with van der Waals surface area (Å²) in [6, 6.07) is 0. The minimum Gasteiger partial charge on any atom is -0.309 e. The summed E-state index contributed by atoms with van der Waals surface area (Å²) < 4.78 is 0.678. The fraction of sp³-hybridized carbons (Fsp3) is 0.500. The van der Waals surface area contributed by atoms with E-state index in [1.54, 1.807) is 0 Å². The highest BCUT2D eigenvalue weighted by molar-refractivity contribution is 14.1. The van der Waals surface area contributed by atoms with Gasteiger partial charge >= 0.3 is 0 Å². The second kappa shape index (κ2) is 3.55. The van der Waals surface area contributed by atoms with E-state index >= 15 is 0 Å². The van der Waals surface area contributed by atoms with Crippen LogP contribution in [0, 0.1) is 10.5 Å². The summed E-state index contributed by atoms with van der Waals surface area (Å²) in [5.74, 6) is 1.03. The molecule has 4 heteroatoms. The van der Waals surface area contributed by atoms with Gasteiger partial charge in [-0.2, -0.15) is 0 Å². The lowest BCUT2D eigenvalue weighted by Gasteiger charge is -2.05. The molecule has 0 fully saturated rings. The Morgan fingerprint density at radius 2 is 2.08 bits per heavy atom. The number of aryl methyl sites for hydroxylation is 1. The standard InChI is InChI=1S/C8H11IN2O/c1-4(2)7-10-5(3)6(9)8(12)11-7/h4H,1-3H3,(H,10,11,12). The van der Waals surface area contributed by atoms with Crippen LogP contribution in [0.2, 0.25) is 0 Å². The molecule has 3 nitrogen and oxygen atoms in total. The summed E-state index contributed by atoms with van der Waals surface area (Å²) in [7, 11) is 0. The Morgan fingerprint density at radius 1 is 1.50 bits per heavy atom. The third kappa shape index (κ3) is 1.85. The van der Waals surface area contributed by atoms with Crippen molar-refractivity contribution in [3.8, 4) is 0 Å². The zero-order valence-electron chi connectivity index (χ0n) is 7.31. The largest absolute Gasteiger partial charge is 0.309 e. The number of hydrogen-bond donors (Lipinski definition) is 1. The van der Waals surface area contributed by atoms with Gasteiger partial charge in [0.25, 0.3) is 5.56 Å². The molecule has 0 amide bonds. The minimum atomic E-state index is -0.0354. The highest BCUT2D eigenvalue weighted by Crippen LogP contribution is 2.09. The third-order valence-corrected chi connectivity index (χ3v) is 2.86. The molecule has 0 atom stereocenters. The fourth-order valence-electron chi connectivity index (χ4n) is 0.867. The summed E-state index contributed by atoms with van der Waals surface area (Å²) in [5.41, 5.74) is 0.773. The summed E-state index contributed by atoms with van der Waals surface area (Å²) in [6.45, 7) is 5.86. The number of aromatic amines is 1. The SMILES string of the molecule is Cc1nc(C(C)C)[nH]c(=O)c1I. The Bertz CT molecular complexity index is 343. The number of halogens is 1. The maximum atomic E-state index is 11.3. The minimum absolute atomic E-state index is 0.0354. The fourth-order valence-corrected chi connectivity index (χ4v) is 1.12. The van der Waals surface area contributed by atoms with Crippen LogP contribution in [-0.2, 0) is 0 Å². The van der Waals surface area contributed by atoms with E-state index in [0.29, 0.717) is 3.57 Å². The van der Waals surface area contributed by atoms with Crippen molar-refractivity contribution in [3.63, 3.8) is 0 Å². The summed E-state index contributed by atoms with van der Waals surface area (Å²) in [4.78, 5) is 18.3. The number of nitrogens with one attached hydrogen (secondary N) is 1. The molecule has 1 N–H and O–H groups in total. The molecule has 1 heterocycles. The highest BCUT2D eigenvalue weighted by atomic mass is 127. The summed E-state index contributed by atoms with van der Waals surface area (Å²) in [5, 5.41) is 0. The van der Waals surface area contributed by atoms with E-state index in [9.17, 15) is 4.79 Å². The lowest BCUT2D eigenvalue weighted by atomic mass is 10.2. The van der Waals surface area contributed by atoms with Crippen molar-refractivity contribution in [2.24, 2.45) is 0 Å². The summed E-state index contributed by atoms with van der Waals surface area (Å²) in [6.07, 6.45) is 0. The van der Waals surface area contributed by atoms with Crippen molar-refractivity contribution in [2.45, 2.75) is 26.7 Å². The Hall–Kier alpha value is -0.390. The molecule has 1 rings (SSSR count). The lowest BCUT2D eigenvalue weighted by molar-refractivity contribution is 0.754. The van der Waals surface area contributed by atoms with Crippen molar-refractivity contribution in [3.05, 3.63) is 25.4 Å². The van der Waals surface area contributed by atoms with Gasteiger partial charge in [-0.1, -0.05) is 13.8 Å². The molecule has 0 aliphatic rings. The van der Waals surface area contributed by atoms with Crippen molar-refractivity contribution < 1.29 is 0 Å². The molecule has 1 aromatic rings. The number of hydrogen-bond acceptors (Lipinski definition) is 2. The first-order valence-corrected chi connectivity index (χ1v) is 4.86. The van der Waals surface area contributed by atoms with E-state index in [1.165, 1.54) is 0 Å². The first kappa shape index (κ1) is 9.70. The molecule has 0 spiro atoms. The zero-order chi connectivity index (χ0) is 9.30. The second-order valence-electron chi connectivity index (χ2n) is 3.01. The van der Waals surface area contributed by atoms with Gasteiger partial charge in [-0.05, 0) is 29.5 Å². The van der Waals surface area contributed by atoms with Crippen LogP contribution < -0.4 is 5.56 Å². The van der Waals surface area contributed by atoms with Crippen LogP contribution in [-0.4, -0.2) is 9.97 Å². The molecule has 0 aliphatic heterocycles. The van der Waals surface area contributed by atoms with E-state index in [0.717, 1.165) is 11.5 Å². The molecule has 66 valence electrons. The van der Waals surface area contributed by atoms with Crippen LogP contribution in [0.5, 0.6) is 0 Å². The predicted molar refractivity (Wildman–Crippen MR) is 56.4 cm³/mol. The Balaban J connectivity index is 3.31. The quantitative estimate of drug-likeness (QED) is 0.796. The van der Waals surface area contributed by atoms with Crippen molar-refractivity contribution in [1.29, 1.82) is 0 Å². The smallest absolute Gasteiger partial charge is 0.264 e. The van der Waals surface area contributed by atoms with Gasteiger partial charge in [-0.3, -0.25) is 4.79 Å². The van der Waals surface area contributed by atoms with Crippen LogP contribution in [0.3, 0.4) is 0 Å². The first-order chi connectivity index (χ1) is 5.52. The molecule has 1 aromatic heterocycles. The van der Waals surface area contributed by atoms with Crippen LogP contribution >= 0.6 is 22.6 Å². The van der Waals surface area contributed by atoms with Gasteiger partial charge in [0, 0.05) is 5.92 Å². The van der Waals surface area contributed by atoms with Crippen LogP contribution in [0.25, 0.3) is 0 Å². The van der Waals surface area contributed by atoms with E-state index in [1.807, 2.05) is 43.4 Å². The number of H-pyrrole nitrogens is 1. The first-order valence-electron chi connectivity index (χ1n) is 3.78. The average Bonchev–Trinajstić information content (AvgIpc) is 1.99. The molecule has 0 aliphatic carbocycles. The van der Waals surface area contributed by atoms with Gasteiger partial charge in [-0.25, -0.2) is 4.98 Å². The lowest BCUT2D eigenvalue weighted by Crippen LogP contribution is -2.17. The van der Waals surface area contributed by atoms with E-state index in [2.05, 4.69) is 9.97 Å². The number of nitrogens with zero attached hydrogens (tertiary/aromatic N) is 1. The van der Waals surface area contributed by atoms with Gasteiger partial charge in [0.15, 0.2) is 0 Å². The molecular weight excluding hydrogens is 267 g/mol. The molecule has 0 saturated heterocycles. The molecule has 0 radical (unpaired) electrons. The molecule has 0 aromatic carbocycles. The normalized spacial score (nSPS) is 10.8. The Morgan fingerprint density at radius 3 is 2.50 bits per heavy atom. The average molecular weight is 278 g/mol. The molecule has 0 bridgehead atoms. The monoisotopic (exact) mass is 278 g/mol.